The number of hydrogen-bond acceptors (Lipinski definition) is 3. The first-order valence-corrected chi connectivity index (χ1v) is 8.55. The van der Waals surface area contributed by atoms with E-state index < -0.39 is 40.2 Å². The van der Waals surface area contributed by atoms with Crippen LogP contribution in [0.1, 0.15) is 29.7 Å². The number of pyridine rings is 1. The number of hydroxylamine groups is 2. The van der Waals surface area contributed by atoms with Crippen molar-refractivity contribution < 1.29 is 26.8 Å². The fourth-order valence-corrected chi connectivity index (χ4v) is 3.33. The van der Waals surface area contributed by atoms with Crippen LogP contribution in [-0.4, -0.2) is 29.5 Å². The number of aromatic nitrogens is 1. The van der Waals surface area contributed by atoms with E-state index in [9.17, 15) is 22.0 Å². The number of halogens is 6. The smallest absolute Gasteiger partial charge is 0.282 e. The molecule has 150 valence electrons. The van der Waals surface area contributed by atoms with Crippen LogP contribution in [0.25, 0.3) is 0 Å². The molecular formula is C18H15ClF5N3O. The number of rotatable bonds is 5. The van der Waals surface area contributed by atoms with Gasteiger partial charge in [0.15, 0.2) is 5.84 Å². The molecule has 1 fully saturated rings. The molecule has 0 saturated heterocycles. The van der Waals surface area contributed by atoms with Crippen molar-refractivity contribution in [3.8, 4) is 0 Å². The molecule has 0 atom stereocenters. The third kappa shape index (κ3) is 3.81. The number of hydrogen-bond donors (Lipinski definition) is 1. The lowest BCUT2D eigenvalue weighted by Crippen LogP contribution is -2.38. The first-order valence-electron chi connectivity index (χ1n) is 8.17. The van der Waals surface area contributed by atoms with E-state index in [1.54, 1.807) is 0 Å². The highest BCUT2D eigenvalue weighted by atomic mass is 35.5. The highest BCUT2D eigenvalue weighted by Crippen LogP contribution is 2.50. The summed E-state index contributed by atoms with van der Waals surface area (Å²) >= 11 is 6.04. The maximum Gasteiger partial charge on any atom is 0.417 e. The summed E-state index contributed by atoms with van der Waals surface area (Å²) in [5, 5.41) is 8.94. The normalized spacial score (nSPS) is 15.4. The summed E-state index contributed by atoms with van der Waals surface area (Å²) in [7, 11) is 1.23. The summed E-state index contributed by atoms with van der Waals surface area (Å²) in [4.78, 5) is 9.00. The van der Waals surface area contributed by atoms with Crippen molar-refractivity contribution in [2.24, 2.45) is 0 Å². The zero-order valence-corrected chi connectivity index (χ0v) is 15.3. The summed E-state index contributed by atoms with van der Waals surface area (Å²) in [6, 6.07) is 4.00. The van der Waals surface area contributed by atoms with E-state index in [0.717, 1.165) is 23.3 Å². The molecule has 1 aliphatic rings. The Bertz CT molecular complexity index is 894. The van der Waals surface area contributed by atoms with Gasteiger partial charge in [0.1, 0.15) is 11.6 Å². The number of amidine groups is 1. The van der Waals surface area contributed by atoms with Crippen LogP contribution < -0.4 is 0 Å². The molecule has 0 bridgehead atoms. The van der Waals surface area contributed by atoms with Gasteiger partial charge in [0.25, 0.3) is 0 Å². The van der Waals surface area contributed by atoms with Gasteiger partial charge in [-0.1, -0.05) is 17.7 Å². The van der Waals surface area contributed by atoms with Crippen molar-refractivity contribution in [2.45, 2.75) is 24.4 Å². The third-order valence-corrected chi connectivity index (χ3v) is 4.93. The van der Waals surface area contributed by atoms with Crippen LogP contribution in [0.3, 0.4) is 0 Å². The Morgan fingerprint density at radius 2 is 1.89 bits per heavy atom. The number of benzene rings is 1. The van der Waals surface area contributed by atoms with E-state index >= 15 is 0 Å². The van der Waals surface area contributed by atoms with E-state index in [-0.39, 0.29) is 17.3 Å². The lowest BCUT2D eigenvalue weighted by Gasteiger charge is -2.28. The summed E-state index contributed by atoms with van der Waals surface area (Å²) in [6.07, 6.45) is -2.83. The summed E-state index contributed by atoms with van der Waals surface area (Å²) in [5.74, 6) is -2.41. The average Bonchev–Trinajstić information content (AvgIpc) is 3.39. The van der Waals surface area contributed by atoms with E-state index in [1.807, 2.05) is 0 Å². The van der Waals surface area contributed by atoms with Gasteiger partial charge in [0, 0.05) is 11.6 Å². The van der Waals surface area contributed by atoms with Crippen molar-refractivity contribution >= 4 is 17.4 Å². The highest BCUT2D eigenvalue weighted by Gasteiger charge is 2.49. The van der Waals surface area contributed by atoms with Crippen LogP contribution >= 0.6 is 11.6 Å². The molecule has 1 heterocycles. The van der Waals surface area contributed by atoms with Crippen LogP contribution in [0.15, 0.2) is 30.5 Å². The standard InChI is InChI=1S/C18H15ClF5N3O/c1-28-27(16(25)14-12(20)3-2-4-13(14)21)9-17(5-6-17)15-11(19)7-10(8-26-15)18(22,23)24/h2-4,7-8,25H,5-6,9H2,1H3. The van der Waals surface area contributed by atoms with Gasteiger partial charge in [-0.3, -0.25) is 15.2 Å². The molecule has 0 spiro atoms. The maximum absolute atomic E-state index is 14.0. The lowest BCUT2D eigenvalue weighted by molar-refractivity contribution is -0.137. The van der Waals surface area contributed by atoms with Crippen LogP contribution in [0.4, 0.5) is 22.0 Å². The second kappa shape index (κ2) is 7.29. The van der Waals surface area contributed by atoms with Crippen LogP contribution in [0.2, 0.25) is 5.02 Å². The molecule has 1 aliphatic carbocycles. The minimum Gasteiger partial charge on any atom is -0.282 e. The van der Waals surface area contributed by atoms with E-state index in [2.05, 4.69) is 4.98 Å². The number of nitrogens with zero attached hydrogens (tertiary/aromatic N) is 2. The summed E-state index contributed by atoms with van der Waals surface area (Å²) in [5.41, 5.74) is -2.08. The molecule has 28 heavy (non-hydrogen) atoms. The van der Waals surface area contributed by atoms with Gasteiger partial charge < -0.3 is 0 Å². The average molecular weight is 420 g/mol. The molecule has 2 aromatic rings. The van der Waals surface area contributed by atoms with Crippen molar-refractivity contribution in [3.63, 3.8) is 0 Å². The maximum atomic E-state index is 14.0. The minimum atomic E-state index is -4.57. The Balaban J connectivity index is 1.88. The van der Waals surface area contributed by atoms with Crippen molar-refractivity contribution in [1.29, 1.82) is 5.41 Å². The van der Waals surface area contributed by atoms with Gasteiger partial charge in [-0.25, -0.2) is 13.8 Å². The molecular weight excluding hydrogens is 405 g/mol. The topological polar surface area (TPSA) is 49.2 Å². The Morgan fingerprint density at radius 3 is 2.36 bits per heavy atom. The first-order chi connectivity index (χ1) is 13.1. The van der Waals surface area contributed by atoms with Crippen LogP contribution in [-0.2, 0) is 16.4 Å². The summed E-state index contributed by atoms with van der Waals surface area (Å²) in [6.45, 7) is -0.0474. The Hall–Kier alpha value is -2.26. The molecule has 1 N–H and O–H groups in total. The second-order valence-corrected chi connectivity index (χ2v) is 6.90. The summed E-state index contributed by atoms with van der Waals surface area (Å²) < 4.78 is 66.4. The Kier molecular flexibility index (Phi) is 5.33. The van der Waals surface area contributed by atoms with Crippen molar-refractivity contribution in [1.82, 2.24) is 10.0 Å². The predicted octanol–water partition coefficient (Wildman–Crippen LogP) is 4.95. The minimum absolute atomic E-state index is 0.0474. The zero-order chi connectivity index (χ0) is 20.7. The van der Waals surface area contributed by atoms with E-state index in [0.29, 0.717) is 19.0 Å². The SMILES string of the molecule is CON(CC1(c2ncc(C(F)(F)F)cc2Cl)CC1)C(=N)c1c(F)cccc1F. The Morgan fingerprint density at radius 1 is 1.29 bits per heavy atom. The lowest BCUT2D eigenvalue weighted by atomic mass is 10.00. The molecule has 0 unspecified atom stereocenters. The molecule has 10 heteroatoms. The largest absolute Gasteiger partial charge is 0.417 e. The van der Waals surface area contributed by atoms with Crippen molar-refractivity contribution in [3.05, 3.63) is 63.9 Å². The van der Waals surface area contributed by atoms with Gasteiger partial charge in [-0.15, -0.1) is 0 Å². The molecule has 4 nitrogen and oxygen atoms in total. The second-order valence-electron chi connectivity index (χ2n) is 6.50. The number of nitrogens with one attached hydrogen (secondary N) is 1. The van der Waals surface area contributed by atoms with Crippen molar-refractivity contribution in [2.75, 3.05) is 13.7 Å². The molecule has 3 rings (SSSR count). The Labute approximate surface area is 162 Å². The highest BCUT2D eigenvalue weighted by molar-refractivity contribution is 6.31. The van der Waals surface area contributed by atoms with Gasteiger partial charge in [0.05, 0.1) is 35.5 Å². The molecule has 1 saturated carbocycles. The van der Waals surface area contributed by atoms with Crippen LogP contribution in [0, 0.1) is 17.0 Å². The number of alkyl halides is 3. The molecule has 1 aromatic heterocycles. The van der Waals surface area contributed by atoms with Crippen LogP contribution in [0.5, 0.6) is 0 Å². The fraction of sp³-hybridized carbons (Fsp3) is 0.333. The van der Waals surface area contributed by atoms with E-state index in [4.69, 9.17) is 21.8 Å². The quantitative estimate of drug-likeness (QED) is 0.323. The fourth-order valence-electron chi connectivity index (χ4n) is 2.96. The zero-order valence-electron chi connectivity index (χ0n) is 14.6. The first kappa shape index (κ1) is 20.5. The van der Waals surface area contributed by atoms with Gasteiger partial charge in [-0.05, 0) is 31.0 Å². The van der Waals surface area contributed by atoms with Gasteiger partial charge >= 0.3 is 6.18 Å². The van der Waals surface area contributed by atoms with Gasteiger partial charge in [0.2, 0.25) is 0 Å². The monoisotopic (exact) mass is 419 g/mol. The molecule has 0 radical (unpaired) electrons. The molecule has 0 amide bonds. The molecule has 0 aliphatic heterocycles. The third-order valence-electron chi connectivity index (χ3n) is 4.64. The molecule has 1 aromatic carbocycles. The predicted molar refractivity (Wildman–Crippen MR) is 92.1 cm³/mol. The van der Waals surface area contributed by atoms with E-state index in [1.165, 1.54) is 13.2 Å². The van der Waals surface area contributed by atoms with Gasteiger partial charge in [-0.2, -0.15) is 13.2 Å².